The number of carboxylic acid groups (broad SMARTS) is 1. The minimum Gasteiger partial charge on any atom is -0.481 e. The smallest absolute Gasteiger partial charge is 0.309 e. The van der Waals surface area contributed by atoms with Crippen LogP contribution in [0.15, 0.2) is 18.3 Å². The number of carbonyl (C=O) groups is 2. The van der Waals surface area contributed by atoms with E-state index in [9.17, 15) is 14.7 Å². The minimum atomic E-state index is -0.728. The predicted octanol–water partition coefficient (Wildman–Crippen LogP) is 0.177. The summed E-state index contributed by atoms with van der Waals surface area (Å²) < 4.78 is 0. The van der Waals surface area contributed by atoms with E-state index in [1.165, 1.54) is 0 Å². The maximum Gasteiger partial charge on any atom is 0.309 e. The molecule has 7 nitrogen and oxygen atoms in total. The van der Waals surface area contributed by atoms with Gasteiger partial charge in [-0.05, 0) is 18.7 Å². The fraction of sp³-hybridized carbons (Fsp3) is 0.625. The number of aromatic nitrogens is 1. The van der Waals surface area contributed by atoms with Crippen molar-refractivity contribution < 1.29 is 14.7 Å². The van der Waals surface area contributed by atoms with Crippen molar-refractivity contribution in [1.29, 1.82) is 0 Å². The summed E-state index contributed by atoms with van der Waals surface area (Å²) >= 11 is 0. The van der Waals surface area contributed by atoms with Crippen LogP contribution in [0.25, 0.3) is 0 Å². The Hall–Kier alpha value is -1.86. The number of aromatic amines is 1. The van der Waals surface area contributed by atoms with Gasteiger partial charge in [0.25, 0.3) is 5.91 Å². The fourth-order valence-electron chi connectivity index (χ4n) is 3.56. The average molecular weight is 320 g/mol. The van der Waals surface area contributed by atoms with Crippen molar-refractivity contribution in [1.82, 2.24) is 19.7 Å². The summed E-state index contributed by atoms with van der Waals surface area (Å²) in [4.78, 5) is 33.2. The molecule has 126 valence electrons. The van der Waals surface area contributed by atoms with Crippen molar-refractivity contribution >= 4 is 11.9 Å². The molecular formula is C16H24N4O3. The van der Waals surface area contributed by atoms with E-state index in [0.717, 1.165) is 19.6 Å². The van der Waals surface area contributed by atoms with E-state index in [1.54, 1.807) is 12.3 Å². The number of hydrogen-bond donors (Lipinski definition) is 2. The van der Waals surface area contributed by atoms with Crippen molar-refractivity contribution in [2.75, 3.05) is 45.8 Å². The molecule has 0 aromatic carbocycles. The molecule has 3 heterocycles. The molecule has 1 amide bonds. The van der Waals surface area contributed by atoms with Gasteiger partial charge in [-0.1, -0.05) is 6.92 Å². The molecule has 0 aliphatic carbocycles. The van der Waals surface area contributed by atoms with Gasteiger partial charge in [0.2, 0.25) is 0 Å². The highest BCUT2D eigenvalue weighted by Crippen LogP contribution is 2.20. The van der Waals surface area contributed by atoms with E-state index in [4.69, 9.17) is 0 Å². The lowest BCUT2D eigenvalue weighted by Crippen LogP contribution is -2.57. The minimum absolute atomic E-state index is 0.0247. The highest BCUT2D eigenvalue weighted by Gasteiger charge is 2.37. The molecule has 1 aromatic rings. The molecule has 2 aliphatic rings. The Labute approximate surface area is 135 Å². The number of rotatable bonds is 3. The molecule has 3 rings (SSSR count). The normalized spacial score (nSPS) is 26.6. The van der Waals surface area contributed by atoms with Gasteiger partial charge < -0.3 is 19.9 Å². The molecular weight excluding hydrogens is 296 g/mol. The van der Waals surface area contributed by atoms with Crippen LogP contribution >= 0.6 is 0 Å². The maximum absolute atomic E-state index is 12.5. The first kappa shape index (κ1) is 16.0. The fourth-order valence-corrected chi connectivity index (χ4v) is 3.56. The van der Waals surface area contributed by atoms with Gasteiger partial charge >= 0.3 is 5.97 Å². The number of carbonyl (C=O) groups excluding carboxylic acids is 1. The maximum atomic E-state index is 12.5. The van der Waals surface area contributed by atoms with Crippen molar-refractivity contribution in [3.05, 3.63) is 24.0 Å². The lowest BCUT2D eigenvalue weighted by Gasteiger charge is -2.41. The largest absolute Gasteiger partial charge is 0.481 e. The van der Waals surface area contributed by atoms with Crippen LogP contribution in [0.3, 0.4) is 0 Å². The molecule has 1 aromatic heterocycles. The zero-order valence-electron chi connectivity index (χ0n) is 13.4. The number of hydrogen-bond acceptors (Lipinski definition) is 4. The van der Waals surface area contributed by atoms with Crippen LogP contribution in [0, 0.1) is 5.92 Å². The second-order valence-corrected chi connectivity index (χ2v) is 6.37. The molecule has 23 heavy (non-hydrogen) atoms. The van der Waals surface area contributed by atoms with Crippen LogP contribution in [0.5, 0.6) is 0 Å². The van der Waals surface area contributed by atoms with E-state index in [0.29, 0.717) is 31.9 Å². The number of aliphatic carboxylic acids is 1. The summed E-state index contributed by atoms with van der Waals surface area (Å²) in [5, 5.41) is 9.41. The Balaban J connectivity index is 1.71. The van der Waals surface area contributed by atoms with E-state index in [-0.39, 0.29) is 17.9 Å². The Kier molecular flexibility index (Phi) is 4.68. The number of likely N-dealkylation sites (N-methyl/N-ethyl adjacent to an activating group) is 1. The van der Waals surface area contributed by atoms with Crippen molar-refractivity contribution in [2.24, 2.45) is 5.92 Å². The van der Waals surface area contributed by atoms with E-state index in [1.807, 2.05) is 11.0 Å². The Bertz CT molecular complexity index is 560. The molecule has 2 aliphatic heterocycles. The van der Waals surface area contributed by atoms with Gasteiger partial charge in [-0.2, -0.15) is 0 Å². The standard InChI is InChI=1S/C16H24N4O3/c1-2-18-8-12(16(22)23)9-19-6-7-20(11-13(19)10-18)15(21)14-4-3-5-17-14/h3-5,12-13,17H,2,6-11H2,1H3,(H,22,23). The van der Waals surface area contributed by atoms with Gasteiger partial charge in [0.15, 0.2) is 0 Å². The summed E-state index contributed by atoms with van der Waals surface area (Å²) in [7, 11) is 0. The van der Waals surface area contributed by atoms with Gasteiger partial charge in [-0.15, -0.1) is 0 Å². The van der Waals surface area contributed by atoms with Gasteiger partial charge in [0.1, 0.15) is 5.69 Å². The molecule has 2 fully saturated rings. The molecule has 2 atom stereocenters. The molecule has 0 spiro atoms. The molecule has 2 N–H and O–H groups in total. The third kappa shape index (κ3) is 3.40. The van der Waals surface area contributed by atoms with Gasteiger partial charge in [-0.25, -0.2) is 0 Å². The van der Waals surface area contributed by atoms with E-state index in [2.05, 4.69) is 21.7 Å². The zero-order chi connectivity index (χ0) is 16.4. The highest BCUT2D eigenvalue weighted by molar-refractivity contribution is 5.92. The second kappa shape index (κ2) is 6.72. The van der Waals surface area contributed by atoms with Crippen LogP contribution in [0.1, 0.15) is 17.4 Å². The number of nitrogens with zero attached hydrogens (tertiary/aromatic N) is 3. The first-order chi connectivity index (χ1) is 11.1. The van der Waals surface area contributed by atoms with Crippen LogP contribution in [-0.2, 0) is 4.79 Å². The average Bonchev–Trinajstić information content (AvgIpc) is 3.01. The Morgan fingerprint density at radius 3 is 2.74 bits per heavy atom. The van der Waals surface area contributed by atoms with E-state index < -0.39 is 5.97 Å². The van der Waals surface area contributed by atoms with Crippen molar-refractivity contribution in [3.8, 4) is 0 Å². The third-order valence-corrected chi connectivity index (χ3v) is 4.92. The second-order valence-electron chi connectivity index (χ2n) is 6.37. The number of fused-ring (bicyclic) bond motifs is 1. The lowest BCUT2D eigenvalue weighted by molar-refractivity contribution is -0.142. The number of amides is 1. The molecule has 2 saturated heterocycles. The SMILES string of the molecule is CCN1CC(C(=O)O)CN2CCN(C(=O)c3ccc[nH]3)CC2C1. The van der Waals surface area contributed by atoms with Gasteiger partial charge in [0.05, 0.1) is 5.92 Å². The van der Waals surface area contributed by atoms with Crippen LogP contribution in [0.2, 0.25) is 0 Å². The van der Waals surface area contributed by atoms with Crippen LogP contribution in [0.4, 0.5) is 0 Å². The zero-order valence-corrected chi connectivity index (χ0v) is 13.4. The summed E-state index contributed by atoms with van der Waals surface area (Å²) in [6.45, 7) is 6.89. The summed E-state index contributed by atoms with van der Waals surface area (Å²) in [6.07, 6.45) is 1.76. The molecule has 7 heteroatoms. The van der Waals surface area contributed by atoms with Crippen molar-refractivity contribution in [3.63, 3.8) is 0 Å². The monoisotopic (exact) mass is 320 g/mol. The number of carboxylic acids is 1. The number of piperazine rings is 1. The number of nitrogens with one attached hydrogen (secondary N) is 1. The molecule has 0 radical (unpaired) electrons. The van der Waals surface area contributed by atoms with Crippen LogP contribution in [-0.4, -0.2) is 88.5 Å². The van der Waals surface area contributed by atoms with Crippen LogP contribution < -0.4 is 0 Å². The predicted molar refractivity (Wildman–Crippen MR) is 85.3 cm³/mol. The molecule has 0 bridgehead atoms. The molecule has 0 saturated carbocycles. The lowest BCUT2D eigenvalue weighted by atomic mass is 10.1. The van der Waals surface area contributed by atoms with Gasteiger partial charge in [-0.3, -0.25) is 14.5 Å². The highest BCUT2D eigenvalue weighted by atomic mass is 16.4. The summed E-state index contributed by atoms with van der Waals surface area (Å²) in [5.74, 6) is -1.06. The Morgan fingerprint density at radius 2 is 2.09 bits per heavy atom. The first-order valence-corrected chi connectivity index (χ1v) is 8.20. The topological polar surface area (TPSA) is 79.9 Å². The van der Waals surface area contributed by atoms with Crippen molar-refractivity contribution in [2.45, 2.75) is 13.0 Å². The summed E-state index contributed by atoms with van der Waals surface area (Å²) in [5.41, 5.74) is 0.614. The number of H-pyrrole nitrogens is 1. The Morgan fingerprint density at radius 1 is 1.26 bits per heavy atom. The first-order valence-electron chi connectivity index (χ1n) is 8.20. The molecule has 2 unspecified atom stereocenters. The summed E-state index contributed by atoms with van der Waals surface area (Å²) in [6, 6.07) is 3.82. The third-order valence-electron chi connectivity index (χ3n) is 4.92. The quantitative estimate of drug-likeness (QED) is 0.830. The van der Waals surface area contributed by atoms with Gasteiger partial charge in [0, 0.05) is 51.5 Å². The van der Waals surface area contributed by atoms with E-state index >= 15 is 0 Å².